The van der Waals surface area contributed by atoms with Crippen molar-refractivity contribution >= 4 is 13.3 Å². The van der Waals surface area contributed by atoms with E-state index in [0.29, 0.717) is 12.0 Å². The van der Waals surface area contributed by atoms with E-state index in [1.807, 2.05) is 26.0 Å². The minimum Gasteiger partial charge on any atom is -0.469 e. The maximum atomic E-state index is 13.7. The van der Waals surface area contributed by atoms with Crippen molar-refractivity contribution in [3.8, 4) is 11.1 Å². The Labute approximate surface area is 171 Å². The summed E-state index contributed by atoms with van der Waals surface area (Å²) in [4.78, 5) is 21.5. The largest absolute Gasteiger partial charge is 0.469 e. The van der Waals surface area contributed by atoms with Crippen molar-refractivity contribution in [1.29, 1.82) is 0 Å². The maximum Gasteiger partial charge on any atom is 0.308 e. The predicted molar refractivity (Wildman–Crippen MR) is 112 cm³/mol. The summed E-state index contributed by atoms with van der Waals surface area (Å²) in [5.41, 5.74) is 5.23. The molecule has 2 N–H and O–H groups in total. The molecule has 158 valence electrons. The van der Waals surface area contributed by atoms with Crippen LogP contribution in [0.1, 0.15) is 28.7 Å². The third-order valence-electron chi connectivity index (χ3n) is 4.92. The highest BCUT2D eigenvalue weighted by molar-refractivity contribution is 7.58. The lowest BCUT2D eigenvalue weighted by molar-refractivity contribution is -0.142. The zero-order valence-electron chi connectivity index (χ0n) is 17.2. The lowest BCUT2D eigenvalue weighted by Crippen LogP contribution is -2.19. The zero-order chi connectivity index (χ0) is 21.8. The summed E-state index contributed by atoms with van der Waals surface area (Å²) in [6, 6.07) is 8.89. The van der Waals surface area contributed by atoms with Gasteiger partial charge < -0.3 is 14.7 Å². The van der Waals surface area contributed by atoms with Crippen LogP contribution in [0, 0.1) is 26.6 Å². The van der Waals surface area contributed by atoms with Gasteiger partial charge in [0.2, 0.25) is 7.37 Å². The van der Waals surface area contributed by atoms with Crippen LogP contribution in [-0.2, 0) is 20.5 Å². The Morgan fingerprint density at radius 3 is 2.48 bits per heavy atom. The first-order valence-electron chi connectivity index (χ1n) is 9.45. The normalized spacial score (nSPS) is 14.3. The molecule has 2 atom stereocenters. The van der Waals surface area contributed by atoms with Gasteiger partial charge in [-0.2, -0.15) is 0 Å². The predicted octanol–water partition coefficient (Wildman–Crippen LogP) is 4.15. The third-order valence-corrected chi connectivity index (χ3v) is 6.84. The second-order valence-electron chi connectivity index (χ2n) is 7.51. The van der Waals surface area contributed by atoms with Gasteiger partial charge in [-0.05, 0) is 67.1 Å². The van der Waals surface area contributed by atoms with Crippen molar-refractivity contribution in [2.24, 2.45) is 0 Å². The van der Waals surface area contributed by atoms with Gasteiger partial charge in [0.25, 0.3) is 0 Å². The van der Waals surface area contributed by atoms with Gasteiger partial charge in [0.05, 0.1) is 25.8 Å². The Balaban J connectivity index is 2.25. The SMILES string of the molecule is COC(=O)C[C@H](O)CP(=O)(O)CCc1c(C)cc(C)cc1-c1ccc(F)c(C)c1. The Bertz CT molecular complexity index is 941. The van der Waals surface area contributed by atoms with E-state index in [4.69, 9.17) is 0 Å². The van der Waals surface area contributed by atoms with Crippen LogP contribution in [0.15, 0.2) is 30.3 Å². The number of carbonyl (C=O) groups is 1. The molecule has 2 aromatic carbocycles. The second-order valence-corrected chi connectivity index (χ2v) is 10.0. The van der Waals surface area contributed by atoms with Gasteiger partial charge in [0, 0.05) is 6.16 Å². The number of aryl methyl sites for hydroxylation is 3. The van der Waals surface area contributed by atoms with Crippen LogP contribution < -0.4 is 0 Å². The first-order chi connectivity index (χ1) is 13.5. The number of methoxy groups -OCH3 is 1. The lowest BCUT2D eigenvalue weighted by atomic mass is 9.91. The van der Waals surface area contributed by atoms with Gasteiger partial charge >= 0.3 is 5.97 Å². The fourth-order valence-electron chi connectivity index (χ4n) is 3.45. The molecule has 0 heterocycles. The molecule has 1 unspecified atom stereocenters. The number of aliphatic hydroxyl groups excluding tert-OH is 1. The smallest absolute Gasteiger partial charge is 0.308 e. The molecule has 0 spiro atoms. The van der Waals surface area contributed by atoms with Gasteiger partial charge in [-0.1, -0.05) is 23.8 Å². The van der Waals surface area contributed by atoms with Crippen molar-refractivity contribution in [2.75, 3.05) is 19.4 Å². The number of halogens is 1. The van der Waals surface area contributed by atoms with Gasteiger partial charge in [0.1, 0.15) is 5.82 Å². The first kappa shape index (κ1) is 23.3. The number of rotatable bonds is 8. The average Bonchev–Trinajstić information content (AvgIpc) is 2.61. The molecule has 2 aromatic rings. The van der Waals surface area contributed by atoms with Crippen molar-refractivity contribution in [1.82, 2.24) is 0 Å². The quantitative estimate of drug-likeness (QED) is 0.493. The number of hydrogen-bond donors (Lipinski definition) is 2. The lowest BCUT2D eigenvalue weighted by Gasteiger charge is -2.19. The Morgan fingerprint density at radius 2 is 1.86 bits per heavy atom. The summed E-state index contributed by atoms with van der Waals surface area (Å²) in [5.74, 6) is -0.903. The van der Waals surface area contributed by atoms with E-state index in [2.05, 4.69) is 4.74 Å². The molecule has 7 heteroatoms. The Kier molecular flexibility index (Phi) is 7.75. The molecule has 5 nitrogen and oxygen atoms in total. The minimum absolute atomic E-state index is 0.0255. The molecule has 0 fully saturated rings. The van der Waals surface area contributed by atoms with Crippen LogP contribution in [0.5, 0.6) is 0 Å². The fourth-order valence-corrected chi connectivity index (χ4v) is 4.99. The molecule has 0 aromatic heterocycles. The molecular weight excluding hydrogens is 394 g/mol. The Hall–Kier alpha value is -2.01. The number of carbonyl (C=O) groups excluding carboxylic acids is 1. The summed E-state index contributed by atoms with van der Waals surface area (Å²) in [5, 5.41) is 9.90. The van der Waals surface area contributed by atoms with Crippen LogP contribution in [0.25, 0.3) is 11.1 Å². The molecule has 0 aliphatic rings. The topological polar surface area (TPSA) is 83.8 Å². The summed E-state index contributed by atoms with van der Waals surface area (Å²) >= 11 is 0. The van der Waals surface area contributed by atoms with E-state index in [0.717, 1.165) is 27.8 Å². The number of aliphatic hydroxyl groups is 1. The van der Waals surface area contributed by atoms with Crippen molar-refractivity contribution in [3.63, 3.8) is 0 Å². The van der Waals surface area contributed by atoms with Gasteiger partial charge in [-0.15, -0.1) is 0 Å². The summed E-state index contributed by atoms with van der Waals surface area (Å²) in [7, 11) is -2.46. The van der Waals surface area contributed by atoms with Crippen molar-refractivity contribution in [3.05, 3.63) is 58.4 Å². The van der Waals surface area contributed by atoms with Crippen LogP contribution >= 0.6 is 7.37 Å². The van der Waals surface area contributed by atoms with Crippen LogP contribution in [0.3, 0.4) is 0 Å². The highest BCUT2D eigenvalue weighted by atomic mass is 31.2. The van der Waals surface area contributed by atoms with E-state index >= 15 is 0 Å². The molecule has 0 aliphatic heterocycles. The van der Waals surface area contributed by atoms with E-state index in [9.17, 15) is 23.7 Å². The standard InChI is InChI=1S/C22H28FO5P/c1-14-9-15(2)19(20(10-14)17-5-6-21(23)16(3)11-17)7-8-29(26,27)13-18(24)12-22(25)28-4/h5-6,9-11,18,24H,7-8,12-13H2,1-4H3,(H,26,27)/t18-/m0/s1. The number of benzene rings is 2. The van der Waals surface area contributed by atoms with E-state index in [1.54, 1.807) is 19.1 Å². The number of ether oxygens (including phenoxy) is 1. The molecule has 0 bridgehead atoms. The summed E-state index contributed by atoms with van der Waals surface area (Å²) in [6.45, 7) is 5.61. The maximum absolute atomic E-state index is 13.7. The van der Waals surface area contributed by atoms with E-state index < -0.39 is 19.4 Å². The van der Waals surface area contributed by atoms with Gasteiger partial charge in [-0.25, -0.2) is 4.39 Å². The molecule has 0 radical (unpaired) electrons. The van der Waals surface area contributed by atoms with Gasteiger partial charge in [0.15, 0.2) is 0 Å². The highest BCUT2D eigenvalue weighted by Gasteiger charge is 2.25. The van der Waals surface area contributed by atoms with Crippen LogP contribution in [0.4, 0.5) is 4.39 Å². The zero-order valence-corrected chi connectivity index (χ0v) is 18.1. The van der Waals surface area contributed by atoms with E-state index in [1.165, 1.54) is 13.2 Å². The molecule has 29 heavy (non-hydrogen) atoms. The summed E-state index contributed by atoms with van der Waals surface area (Å²) < 4.78 is 30.8. The molecule has 0 saturated heterocycles. The highest BCUT2D eigenvalue weighted by Crippen LogP contribution is 2.43. The summed E-state index contributed by atoms with van der Waals surface area (Å²) in [6.07, 6.45) is -1.60. The minimum atomic E-state index is -3.66. The van der Waals surface area contributed by atoms with E-state index in [-0.39, 0.29) is 24.6 Å². The fraction of sp³-hybridized carbons (Fsp3) is 0.409. The number of hydrogen-bond acceptors (Lipinski definition) is 4. The molecule has 0 aliphatic carbocycles. The molecule has 0 saturated carbocycles. The average molecular weight is 422 g/mol. The Morgan fingerprint density at radius 1 is 1.17 bits per heavy atom. The van der Waals surface area contributed by atoms with Crippen molar-refractivity contribution < 1.29 is 28.5 Å². The van der Waals surface area contributed by atoms with Gasteiger partial charge in [-0.3, -0.25) is 9.36 Å². The first-order valence-corrected chi connectivity index (χ1v) is 11.5. The number of esters is 1. The van der Waals surface area contributed by atoms with Crippen LogP contribution in [0.2, 0.25) is 0 Å². The second kappa shape index (κ2) is 9.66. The van der Waals surface area contributed by atoms with Crippen molar-refractivity contribution in [2.45, 2.75) is 39.7 Å². The molecule has 0 amide bonds. The van der Waals surface area contributed by atoms with Crippen LogP contribution in [-0.4, -0.2) is 41.5 Å². The molecular formula is C22H28FO5P. The third kappa shape index (κ3) is 6.49. The molecule has 2 rings (SSSR count). The monoisotopic (exact) mass is 422 g/mol.